The highest BCUT2D eigenvalue weighted by Crippen LogP contribution is 2.34. The molecular weight excluding hydrogens is 368 g/mol. The molecule has 2 aliphatic rings. The molecule has 2 aromatic rings. The van der Waals surface area contributed by atoms with Gasteiger partial charge in [-0.3, -0.25) is 9.69 Å². The van der Waals surface area contributed by atoms with Crippen molar-refractivity contribution in [3.63, 3.8) is 0 Å². The van der Waals surface area contributed by atoms with Crippen molar-refractivity contribution in [2.45, 2.75) is 31.4 Å². The van der Waals surface area contributed by atoms with Gasteiger partial charge in [-0.05, 0) is 44.7 Å². The average molecular weight is 399 g/mol. The number of pyridine rings is 1. The number of unbranched alkanes of at least 4 members (excludes halogenated alkanes) is 1. The second-order valence-electron chi connectivity index (χ2n) is 8.28. The Hall–Kier alpha value is -1.79. The van der Waals surface area contributed by atoms with Gasteiger partial charge in [-0.25, -0.2) is 4.98 Å². The van der Waals surface area contributed by atoms with Crippen LogP contribution in [0.4, 0.5) is 5.82 Å². The quantitative estimate of drug-likeness (QED) is 0.697. The van der Waals surface area contributed by atoms with Gasteiger partial charge in [0.05, 0.1) is 10.6 Å². The summed E-state index contributed by atoms with van der Waals surface area (Å²) < 4.78 is -0.229. The summed E-state index contributed by atoms with van der Waals surface area (Å²) in [6, 6.07) is 10.6. The molecule has 4 rings (SSSR count). The molecule has 0 saturated carbocycles. The molecule has 0 aliphatic carbocycles. The summed E-state index contributed by atoms with van der Waals surface area (Å²) in [6.07, 6.45) is 4.23. The zero-order chi connectivity index (χ0) is 19.6. The minimum absolute atomic E-state index is 0.229. The van der Waals surface area contributed by atoms with Crippen LogP contribution in [-0.4, -0.2) is 70.6 Å². The van der Waals surface area contributed by atoms with Gasteiger partial charge >= 0.3 is 0 Å². The van der Waals surface area contributed by atoms with Gasteiger partial charge in [0.1, 0.15) is 5.82 Å². The minimum Gasteiger partial charge on any atom is -0.354 e. The number of piperazine rings is 1. The third-order valence-electron chi connectivity index (χ3n) is 5.85. The van der Waals surface area contributed by atoms with E-state index >= 15 is 0 Å². The van der Waals surface area contributed by atoms with Crippen LogP contribution in [0.5, 0.6) is 0 Å². The number of hydrogen-bond donors (Lipinski definition) is 0. The van der Waals surface area contributed by atoms with Crippen molar-refractivity contribution < 1.29 is 4.79 Å². The molecule has 0 bridgehead atoms. The van der Waals surface area contributed by atoms with Crippen LogP contribution in [-0.2, 0) is 4.79 Å². The van der Waals surface area contributed by atoms with E-state index in [1.54, 1.807) is 11.8 Å². The number of carbonyl (C=O) groups excluding carboxylic acids is 1. The zero-order valence-electron chi connectivity index (χ0n) is 16.9. The highest BCUT2D eigenvalue weighted by molar-refractivity contribution is 8.01. The summed E-state index contributed by atoms with van der Waals surface area (Å²) >= 11 is 1.76. The maximum absolute atomic E-state index is 12.3. The molecule has 28 heavy (non-hydrogen) atoms. The van der Waals surface area contributed by atoms with Crippen LogP contribution in [0.3, 0.4) is 0 Å². The van der Waals surface area contributed by atoms with E-state index in [0.717, 1.165) is 63.8 Å². The topological polar surface area (TPSA) is 39.7 Å². The van der Waals surface area contributed by atoms with Gasteiger partial charge in [0.15, 0.2) is 0 Å². The van der Waals surface area contributed by atoms with Gasteiger partial charge in [0, 0.05) is 44.3 Å². The van der Waals surface area contributed by atoms with Gasteiger partial charge in [0.25, 0.3) is 0 Å². The number of fused-ring (bicyclic) bond motifs is 1. The number of amides is 1. The lowest BCUT2D eigenvalue weighted by Gasteiger charge is -2.35. The Bertz CT molecular complexity index is 832. The van der Waals surface area contributed by atoms with Crippen molar-refractivity contribution in [3.8, 4) is 0 Å². The van der Waals surface area contributed by atoms with Crippen LogP contribution in [0.2, 0.25) is 0 Å². The standard InChI is InChI=1S/C22H30N4OS/c1-22(2)21(27)26(17-28-22)10-6-5-9-24-11-13-25(14-12-24)20-15-18-7-3-4-8-19(18)16-23-20/h3-4,7-8,15-16H,5-6,9-14,17H2,1-2H3. The van der Waals surface area contributed by atoms with E-state index in [1.165, 1.54) is 10.8 Å². The third-order valence-corrected chi connectivity index (χ3v) is 7.19. The molecule has 0 atom stereocenters. The molecule has 150 valence electrons. The van der Waals surface area contributed by atoms with Crippen LogP contribution < -0.4 is 4.90 Å². The minimum atomic E-state index is -0.229. The van der Waals surface area contributed by atoms with Crippen LogP contribution in [0.25, 0.3) is 10.8 Å². The van der Waals surface area contributed by atoms with E-state index in [0.29, 0.717) is 5.91 Å². The lowest BCUT2D eigenvalue weighted by molar-refractivity contribution is -0.130. The van der Waals surface area contributed by atoms with Gasteiger partial charge in [-0.1, -0.05) is 24.3 Å². The molecule has 2 fully saturated rings. The molecule has 1 aromatic heterocycles. The SMILES string of the molecule is CC1(C)SCN(CCCCN2CCN(c3cc4ccccc4cn3)CC2)C1=O. The third kappa shape index (κ3) is 4.28. The first-order valence-electron chi connectivity index (χ1n) is 10.3. The molecule has 3 heterocycles. The fourth-order valence-corrected chi connectivity index (χ4v) is 4.97. The van der Waals surface area contributed by atoms with E-state index in [1.807, 2.05) is 24.9 Å². The maximum Gasteiger partial charge on any atom is 0.238 e. The van der Waals surface area contributed by atoms with Crippen LogP contribution in [0.15, 0.2) is 36.5 Å². The van der Waals surface area contributed by atoms with E-state index in [2.05, 4.69) is 45.1 Å². The number of thioether (sulfide) groups is 1. The van der Waals surface area contributed by atoms with Crippen LogP contribution in [0.1, 0.15) is 26.7 Å². The Kier molecular flexibility index (Phi) is 5.78. The molecule has 1 aromatic carbocycles. The fraction of sp³-hybridized carbons (Fsp3) is 0.545. The predicted molar refractivity (Wildman–Crippen MR) is 118 cm³/mol. The molecule has 0 unspecified atom stereocenters. The second kappa shape index (κ2) is 8.29. The number of hydrogen-bond acceptors (Lipinski definition) is 5. The number of aromatic nitrogens is 1. The summed E-state index contributed by atoms with van der Waals surface area (Å²) in [4.78, 5) is 23.9. The van der Waals surface area contributed by atoms with Crippen molar-refractivity contribution in [2.24, 2.45) is 0 Å². The fourth-order valence-electron chi connectivity index (χ4n) is 3.99. The summed E-state index contributed by atoms with van der Waals surface area (Å²) in [5, 5.41) is 2.45. The number of anilines is 1. The molecule has 5 nitrogen and oxygen atoms in total. The van der Waals surface area contributed by atoms with Crippen molar-refractivity contribution in [2.75, 3.05) is 50.0 Å². The molecule has 2 aliphatic heterocycles. The molecule has 0 radical (unpaired) electrons. The average Bonchev–Trinajstić information content (AvgIpc) is 2.98. The van der Waals surface area contributed by atoms with E-state index in [-0.39, 0.29) is 4.75 Å². The Balaban J connectivity index is 1.20. The smallest absolute Gasteiger partial charge is 0.238 e. The molecule has 0 spiro atoms. The number of benzene rings is 1. The summed E-state index contributed by atoms with van der Waals surface area (Å²) in [5.74, 6) is 2.24. The predicted octanol–water partition coefficient (Wildman–Crippen LogP) is 3.45. The molecule has 2 saturated heterocycles. The van der Waals surface area contributed by atoms with Crippen molar-refractivity contribution in [3.05, 3.63) is 36.5 Å². The Morgan fingerprint density at radius 1 is 1.04 bits per heavy atom. The summed E-state index contributed by atoms with van der Waals surface area (Å²) in [7, 11) is 0. The monoisotopic (exact) mass is 398 g/mol. The van der Waals surface area contributed by atoms with E-state index < -0.39 is 0 Å². The lowest BCUT2D eigenvalue weighted by Crippen LogP contribution is -2.47. The first-order chi connectivity index (χ1) is 13.5. The second-order valence-corrected chi connectivity index (χ2v) is 9.85. The lowest BCUT2D eigenvalue weighted by atomic mass is 10.1. The van der Waals surface area contributed by atoms with Crippen molar-refractivity contribution >= 4 is 34.3 Å². The Morgan fingerprint density at radius 2 is 1.75 bits per heavy atom. The normalized spacial score (nSPS) is 20.3. The first kappa shape index (κ1) is 19.5. The summed E-state index contributed by atoms with van der Waals surface area (Å²) in [6.45, 7) is 10.3. The first-order valence-corrected chi connectivity index (χ1v) is 11.3. The maximum atomic E-state index is 12.3. The van der Waals surface area contributed by atoms with Crippen molar-refractivity contribution in [1.82, 2.24) is 14.8 Å². The zero-order valence-corrected chi connectivity index (χ0v) is 17.7. The highest BCUT2D eigenvalue weighted by atomic mass is 32.2. The molecular formula is C22H30N4OS. The molecule has 1 amide bonds. The van der Waals surface area contributed by atoms with E-state index in [4.69, 9.17) is 0 Å². The number of nitrogens with zero attached hydrogens (tertiary/aromatic N) is 4. The largest absolute Gasteiger partial charge is 0.354 e. The highest BCUT2D eigenvalue weighted by Gasteiger charge is 2.38. The van der Waals surface area contributed by atoms with Crippen LogP contribution in [0, 0.1) is 0 Å². The van der Waals surface area contributed by atoms with E-state index in [9.17, 15) is 4.79 Å². The number of carbonyl (C=O) groups is 1. The number of rotatable bonds is 6. The summed E-state index contributed by atoms with van der Waals surface area (Å²) in [5.41, 5.74) is 0. The Morgan fingerprint density at radius 3 is 2.46 bits per heavy atom. The van der Waals surface area contributed by atoms with Gasteiger partial charge in [-0.2, -0.15) is 0 Å². The van der Waals surface area contributed by atoms with Crippen LogP contribution >= 0.6 is 11.8 Å². The van der Waals surface area contributed by atoms with Crippen molar-refractivity contribution in [1.29, 1.82) is 0 Å². The Labute approximate surface area is 172 Å². The van der Waals surface area contributed by atoms with Gasteiger partial charge in [-0.15, -0.1) is 11.8 Å². The van der Waals surface area contributed by atoms with Gasteiger partial charge < -0.3 is 9.80 Å². The molecule has 0 N–H and O–H groups in total. The van der Waals surface area contributed by atoms with Gasteiger partial charge in [0.2, 0.25) is 5.91 Å². The molecule has 6 heteroatoms.